The van der Waals surface area contributed by atoms with Gasteiger partial charge in [-0.15, -0.1) is 0 Å². The number of esters is 1. The molecule has 31 heavy (non-hydrogen) atoms. The summed E-state index contributed by atoms with van der Waals surface area (Å²) in [5, 5.41) is 3.84. The Bertz CT molecular complexity index is 1070. The molecule has 0 bridgehead atoms. The van der Waals surface area contributed by atoms with Crippen LogP contribution in [0.4, 0.5) is 10.8 Å². The number of nitrogens with one attached hydrogen (secondary N) is 1. The number of ether oxygens (including phenoxy) is 2. The maximum absolute atomic E-state index is 12.6. The summed E-state index contributed by atoms with van der Waals surface area (Å²) >= 11 is 1.61. The number of nitrogens with zero attached hydrogens (tertiary/aromatic N) is 2. The molecule has 2 aromatic carbocycles. The maximum atomic E-state index is 12.6. The van der Waals surface area contributed by atoms with Gasteiger partial charge in [-0.1, -0.05) is 24.7 Å². The number of aromatic nitrogens is 1. The molecule has 1 fully saturated rings. The summed E-state index contributed by atoms with van der Waals surface area (Å²) in [5.41, 5.74) is 2.05. The molecule has 0 unspecified atom stereocenters. The summed E-state index contributed by atoms with van der Waals surface area (Å²) < 4.78 is 11.5. The molecular formula is C23H25N3O4S. The molecular weight excluding hydrogens is 414 g/mol. The van der Waals surface area contributed by atoms with E-state index >= 15 is 0 Å². The van der Waals surface area contributed by atoms with Crippen molar-refractivity contribution in [3.05, 3.63) is 48.0 Å². The summed E-state index contributed by atoms with van der Waals surface area (Å²) in [6, 6.07) is 12.6. The molecule has 8 heteroatoms. The van der Waals surface area contributed by atoms with Gasteiger partial charge >= 0.3 is 5.97 Å². The smallest absolute Gasteiger partial charge is 0.338 e. The van der Waals surface area contributed by atoms with Crippen LogP contribution in [-0.4, -0.2) is 43.7 Å². The van der Waals surface area contributed by atoms with E-state index in [1.807, 2.05) is 25.1 Å². The van der Waals surface area contributed by atoms with Gasteiger partial charge in [-0.05, 0) is 42.8 Å². The monoisotopic (exact) mass is 439 g/mol. The Morgan fingerprint density at radius 2 is 1.97 bits per heavy atom. The quantitative estimate of drug-likeness (QED) is 0.415. The number of methoxy groups -OCH3 is 1. The highest BCUT2D eigenvalue weighted by atomic mass is 32.1. The second kappa shape index (κ2) is 9.34. The van der Waals surface area contributed by atoms with Gasteiger partial charge in [0.2, 0.25) is 5.91 Å². The van der Waals surface area contributed by atoms with E-state index in [1.54, 1.807) is 42.7 Å². The van der Waals surface area contributed by atoms with Crippen LogP contribution in [-0.2, 0) is 9.53 Å². The van der Waals surface area contributed by atoms with E-state index in [2.05, 4.69) is 15.2 Å². The average Bonchev–Trinajstić information content (AvgIpc) is 3.15. The van der Waals surface area contributed by atoms with Crippen LogP contribution in [0.25, 0.3) is 10.2 Å². The van der Waals surface area contributed by atoms with Crippen LogP contribution in [0.15, 0.2) is 42.5 Å². The lowest BCUT2D eigenvalue weighted by Crippen LogP contribution is -2.52. The number of fused-ring (bicyclic) bond motifs is 1. The fraction of sp³-hybridized carbons (Fsp3) is 0.348. The van der Waals surface area contributed by atoms with Crippen LogP contribution >= 0.6 is 11.3 Å². The van der Waals surface area contributed by atoms with Crippen molar-refractivity contribution in [2.75, 3.05) is 37.0 Å². The first-order valence-electron chi connectivity index (χ1n) is 10.3. The fourth-order valence-corrected chi connectivity index (χ4v) is 4.25. The van der Waals surface area contributed by atoms with E-state index in [-0.39, 0.29) is 17.8 Å². The normalized spacial score (nSPS) is 13.7. The SMILES string of the molecule is CCCCOC(=O)c1ccc(NC(=O)C2CN(c3nc4cc(OC)ccc4s3)C2)cc1. The zero-order chi connectivity index (χ0) is 21.8. The largest absolute Gasteiger partial charge is 0.497 e. The molecule has 3 aromatic rings. The fourth-order valence-electron chi connectivity index (χ4n) is 3.28. The van der Waals surface area contributed by atoms with Crippen molar-refractivity contribution < 1.29 is 19.1 Å². The third-order valence-electron chi connectivity index (χ3n) is 5.23. The molecule has 1 saturated heterocycles. The Morgan fingerprint density at radius 3 is 2.68 bits per heavy atom. The number of carbonyl (C=O) groups is 2. The number of amides is 1. The molecule has 162 valence electrons. The van der Waals surface area contributed by atoms with Crippen LogP contribution in [0.5, 0.6) is 5.75 Å². The predicted octanol–water partition coefficient (Wildman–Crippen LogP) is 4.34. The van der Waals surface area contributed by atoms with Gasteiger partial charge in [-0.2, -0.15) is 0 Å². The van der Waals surface area contributed by atoms with Gasteiger partial charge < -0.3 is 19.7 Å². The highest BCUT2D eigenvalue weighted by Crippen LogP contribution is 2.34. The number of rotatable bonds is 8. The van der Waals surface area contributed by atoms with Gasteiger partial charge in [0.25, 0.3) is 0 Å². The van der Waals surface area contributed by atoms with Crippen LogP contribution in [0.2, 0.25) is 0 Å². The lowest BCUT2D eigenvalue weighted by Gasteiger charge is -2.37. The highest BCUT2D eigenvalue weighted by Gasteiger charge is 2.34. The molecule has 0 atom stereocenters. The summed E-state index contributed by atoms with van der Waals surface area (Å²) in [6.45, 7) is 3.73. The van der Waals surface area contributed by atoms with Crippen molar-refractivity contribution in [3.63, 3.8) is 0 Å². The van der Waals surface area contributed by atoms with Crippen LogP contribution < -0.4 is 15.0 Å². The van der Waals surface area contributed by atoms with Crippen molar-refractivity contribution in [1.29, 1.82) is 0 Å². The Balaban J connectivity index is 1.29. The molecule has 1 N–H and O–H groups in total. The Labute approximate surface area is 185 Å². The number of carbonyl (C=O) groups excluding carboxylic acids is 2. The minimum atomic E-state index is -0.339. The van der Waals surface area contributed by atoms with E-state index in [9.17, 15) is 9.59 Å². The highest BCUT2D eigenvalue weighted by molar-refractivity contribution is 7.22. The second-order valence-corrected chi connectivity index (χ2v) is 8.50. The number of benzene rings is 2. The molecule has 1 aliphatic heterocycles. The van der Waals surface area contributed by atoms with Crippen LogP contribution in [0.1, 0.15) is 30.1 Å². The molecule has 0 spiro atoms. The van der Waals surface area contributed by atoms with E-state index in [0.717, 1.165) is 33.9 Å². The minimum Gasteiger partial charge on any atom is -0.497 e. The van der Waals surface area contributed by atoms with Gasteiger partial charge in [0, 0.05) is 24.8 Å². The lowest BCUT2D eigenvalue weighted by atomic mass is 10.00. The molecule has 1 aromatic heterocycles. The van der Waals surface area contributed by atoms with E-state index < -0.39 is 0 Å². The Kier molecular flexibility index (Phi) is 6.36. The molecule has 1 aliphatic rings. The second-order valence-electron chi connectivity index (χ2n) is 7.49. The topological polar surface area (TPSA) is 80.8 Å². The third kappa shape index (κ3) is 4.80. The standard InChI is InChI=1S/C23H25N3O4S/c1-3-4-11-30-22(28)15-5-7-17(8-6-15)24-21(27)16-13-26(14-16)23-25-19-12-18(29-2)9-10-20(19)31-23/h5-10,12,16H,3-4,11,13-14H2,1-2H3,(H,24,27). The minimum absolute atomic E-state index is 0.0303. The van der Waals surface area contributed by atoms with Gasteiger partial charge in [0.05, 0.1) is 35.4 Å². The number of hydrogen-bond acceptors (Lipinski definition) is 7. The maximum Gasteiger partial charge on any atom is 0.338 e. The number of thiazole rings is 1. The van der Waals surface area contributed by atoms with Crippen molar-refractivity contribution >= 4 is 44.2 Å². The van der Waals surface area contributed by atoms with Gasteiger partial charge in [0.15, 0.2) is 5.13 Å². The van der Waals surface area contributed by atoms with Crippen molar-refractivity contribution in [1.82, 2.24) is 4.98 Å². The van der Waals surface area contributed by atoms with Crippen LogP contribution in [0, 0.1) is 5.92 Å². The first kappa shape index (κ1) is 21.1. The molecule has 4 rings (SSSR count). The van der Waals surface area contributed by atoms with E-state index in [1.165, 1.54) is 0 Å². The summed E-state index contributed by atoms with van der Waals surface area (Å²) in [7, 11) is 1.64. The molecule has 0 radical (unpaired) electrons. The third-order valence-corrected chi connectivity index (χ3v) is 6.32. The number of unbranched alkanes of at least 4 members (excludes halogenated alkanes) is 1. The van der Waals surface area contributed by atoms with E-state index in [4.69, 9.17) is 9.47 Å². The Morgan fingerprint density at radius 1 is 1.19 bits per heavy atom. The molecule has 7 nitrogen and oxygen atoms in total. The van der Waals surface area contributed by atoms with Gasteiger partial charge in [-0.25, -0.2) is 9.78 Å². The summed E-state index contributed by atoms with van der Waals surface area (Å²) in [5.74, 6) is 0.317. The number of anilines is 2. The first-order valence-corrected chi connectivity index (χ1v) is 11.2. The lowest BCUT2D eigenvalue weighted by molar-refractivity contribution is -0.120. The van der Waals surface area contributed by atoms with Gasteiger partial charge in [-0.3, -0.25) is 4.79 Å². The van der Waals surface area contributed by atoms with Crippen molar-refractivity contribution in [2.45, 2.75) is 19.8 Å². The Hall–Kier alpha value is -3.13. The van der Waals surface area contributed by atoms with Gasteiger partial charge in [0.1, 0.15) is 5.75 Å². The zero-order valence-corrected chi connectivity index (χ0v) is 18.4. The van der Waals surface area contributed by atoms with Crippen molar-refractivity contribution in [2.24, 2.45) is 5.92 Å². The molecule has 2 heterocycles. The summed E-state index contributed by atoms with van der Waals surface area (Å²) in [4.78, 5) is 31.3. The summed E-state index contributed by atoms with van der Waals surface area (Å²) in [6.07, 6.45) is 1.83. The first-order chi connectivity index (χ1) is 15.1. The average molecular weight is 440 g/mol. The number of hydrogen-bond donors (Lipinski definition) is 1. The zero-order valence-electron chi connectivity index (χ0n) is 17.6. The van der Waals surface area contributed by atoms with E-state index in [0.29, 0.717) is 30.9 Å². The van der Waals surface area contributed by atoms with Crippen molar-refractivity contribution in [3.8, 4) is 5.75 Å². The molecule has 0 saturated carbocycles. The molecule has 0 aliphatic carbocycles. The molecule has 1 amide bonds. The predicted molar refractivity (Wildman–Crippen MR) is 122 cm³/mol. The van der Waals surface area contributed by atoms with Crippen LogP contribution in [0.3, 0.4) is 0 Å².